The predicted molar refractivity (Wildman–Crippen MR) is 139 cm³/mol. The largest absolute Gasteiger partial charge is 0.474 e. The number of nitrogens with zero attached hydrogens (tertiary/aromatic N) is 4. The second-order valence-electron chi connectivity index (χ2n) is 8.67. The van der Waals surface area contributed by atoms with E-state index in [1.807, 2.05) is 0 Å². The Hall–Kier alpha value is -5.07. The predicted octanol–water partition coefficient (Wildman–Crippen LogP) is 5.20. The van der Waals surface area contributed by atoms with Gasteiger partial charge in [-0.15, -0.1) is 0 Å². The number of halogens is 3. The number of alkyl halides is 3. The van der Waals surface area contributed by atoms with Crippen molar-refractivity contribution in [3.63, 3.8) is 0 Å². The van der Waals surface area contributed by atoms with Gasteiger partial charge in [-0.3, -0.25) is 14.9 Å². The number of fused-ring (bicyclic) bond motifs is 1. The van der Waals surface area contributed by atoms with Crippen LogP contribution in [0.15, 0.2) is 76.6 Å². The molecular formula is C27H21F3N4O6. The molecule has 0 N–H and O–H groups in total. The summed E-state index contributed by atoms with van der Waals surface area (Å²) in [6, 6.07) is 14.4. The van der Waals surface area contributed by atoms with Crippen LogP contribution in [0.5, 0.6) is 5.75 Å². The van der Waals surface area contributed by atoms with E-state index in [0.717, 1.165) is 29.1 Å². The molecule has 0 saturated carbocycles. The SMILES string of the molecule is CC(C)OC(=O)COc1c(C=Nn2c(-c3cccc(C(F)(F)F)c3)nc3ccccc3c2=O)cccc1[N+](=O)[O-]. The third kappa shape index (κ3) is 6.14. The second-order valence-corrected chi connectivity index (χ2v) is 8.67. The van der Waals surface area contributed by atoms with Crippen LogP contribution in [0.1, 0.15) is 25.0 Å². The Morgan fingerprint density at radius 3 is 2.55 bits per heavy atom. The van der Waals surface area contributed by atoms with Crippen LogP contribution in [0.25, 0.3) is 22.3 Å². The number of nitro groups is 1. The van der Waals surface area contributed by atoms with Crippen molar-refractivity contribution in [1.82, 2.24) is 9.66 Å². The minimum Gasteiger partial charge on any atom is -0.474 e. The molecule has 0 aliphatic carbocycles. The highest BCUT2D eigenvalue weighted by Crippen LogP contribution is 2.32. The smallest absolute Gasteiger partial charge is 0.416 e. The molecule has 0 atom stereocenters. The minimum absolute atomic E-state index is 0.0154. The van der Waals surface area contributed by atoms with Crippen molar-refractivity contribution >= 4 is 28.8 Å². The number of nitro benzene ring substituents is 1. The van der Waals surface area contributed by atoms with Gasteiger partial charge in [-0.1, -0.05) is 30.3 Å². The first-order valence-corrected chi connectivity index (χ1v) is 11.8. The third-order valence-corrected chi connectivity index (χ3v) is 5.44. The summed E-state index contributed by atoms with van der Waals surface area (Å²) in [5.41, 5.74) is -1.92. The summed E-state index contributed by atoms with van der Waals surface area (Å²) in [7, 11) is 0. The summed E-state index contributed by atoms with van der Waals surface area (Å²) in [4.78, 5) is 40.7. The van der Waals surface area contributed by atoms with Crippen LogP contribution in [0.4, 0.5) is 18.9 Å². The number of carbonyl (C=O) groups is 1. The van der Waals surface area contributed by atoms with Crippen molar-refractivity contribution < 1.29 is 32.4 Å². The Labute approximate surface area is 224 Å². The fourth-order valence-electron chi connectivity index (χ4n) is 3.75. The number of aromatic nitrogens is 2. The molecule has 10 nitrogen and oxygen atoms in total. The average Bonchev–Trinajstić information content (AvgIpc) is 2.90. The Morgan fingerprint density at radius 1 is 1.12 bits per heavy atom. The Morgan fingerprint density at radius 2 is 1.85 bits per heavy atom. The fraction of sp³-hybridized carbons (Fsp3) is 0.185. The van der Waals surface area contributed by atoms with Crippen LogP contribution < -0.4 is 10.3 Å². The number of carbonyl (C=O) groups excluding carboxylic acids is 1. The van der Waals surface area contributed by atoms with Gasteiger partial charge in [0.25, 0.3) is 5.56 Å². The summed E-state index contributed by atoms with van der Waals surface area (Å²) >= 11 is 0. The zero-order valence-electron chi connectivity index (χ0n) is 21.1. The van der Waals surface area contributed by atoms with Gasteiger partial charge >= 0.3 is 17.8 Å². The van der Waals surface area contributed by atoms with Crippen molar-refractivity contribution in [2.45, 2.75) is 26.1 Å². The lowest BCUT2D eigenvalue weighted by atomic mass is 10.1. The summed E-state index contributed by atoms with van der Waals surface area (Å²) < 4.78 is 51.4. The van der Waals surface area contributed by atoms with Crippen molar-refractivity contribution in [1.29, 1.82) is 0 Å². The average molecular weight is 554 g/mol. The molecule has 0 unspecified atom stereocenters. The maximum Gasteiger partial charge on any atom is 0.416 e. The van der Waals surface area contributed by atoms with E-state index in [2.05, 4.69) is 10.1 Å². The molecule has 40 heavy (non-hydrogen) atoms. The van der Waals surface area contributed by atoms with Crippen LogP contribution in [0.3, 0.4) is 0 Å². The van der Waals surface area contributed by atoms with E-state index in [-0.39, 0.29) is 33.6 Å². The lowest BCUT2D eigenvalue weighted by molar-refractivity contribution is -0.385. The summed E-state index contributed by atoms with van der Waals surface area (Å²) in [5, 5.41) is 15.9. The van der Waals surface area contributed by atoms with E-state index in [1.54, 1.807) is 26.0 Å². The monoisotopic (exact) mass is 554 g/mol. The van der Waals surface area contributed by atoms with E-state index in [1.165, 1.54) is 36.4 Å². The normalized spacial score (nSPS) is 11.8. The first-order valence-electron chi connectivity index (χ1n) is 11.8. The van der Waals surface area contributed by atoms with Crippen molar-refractivity contribution in [2.24, 2.45) is 5.10 Å². The van der Waals surface area contributed by atoms with Gasteiger partial charge in [-0.05, 0) is 44.2 Å². The molecule has 0 amide bonds. The molecule has 0 aliphatic heterocycles. The zero-order chi connectivity index (χ0) is 29.0. The van der Waals surface area contributed by atoms with Gasteiger partial charge in [0.1, 0.15) is 0 Å². The third-order valence-electron chi connectivity index (χ3n) is 5.44. The van der Waals surface area contributed by atoms with E-state index in [9.17, 15) is 32.9 Å². The van der Waals surface area contributed by atoms with E-state index in [4.69, 9.17) is 9.47 Å². The molecule has 0 spiro atoms. The highest BCUT2D eigenvalue weighted by molar-refractivity contribution is 5.87. The second kappa shape index (κ2) is 11.4. The molecule has 0 fully saturated rings. The molecule has 13 heteroatoms. The van der Waals surface area contributed by atoms with Gasteiger partial charge in [0, 0.05) is 17.2 Å². The van der Waals surface area contributed by atoms with Gasteiger partial charge in [0.15, 0.2) is 12.4 Å². The molecule has 0 radical (unpaired) electrons. The van der Waals surface area contributed by atoms with Crippen LogP contribution in [0.2, 0.25) is 0 Å². The highest BCUT2D eigenvalue weighted by Gasteiger charge is 2.31. The van der Waals surface area contributed by atoms with E-state index < -0.39 is 46.6 Å². The molecule has 0 aliphatic rings. The summed E-state index contributed by atoms with van der Waals surface area (Å²) in [6.45, 7) is 2.60. The molecular weight excluding hydrogens is 533 g/mol. The van der Waals surface area contributed by atoms with Crippen LogP contribution in [-0.2, 0) is 15.7 Å². The molecule has 0 saturated heterocycles. The molecule has 1 aromatic heterocycles. The van der Waals surface area contributed by atoms with Gasteiger partial charge in [-0.2, -0.15) is 22.9 Å². The topological polar surface area (TPSA) is 126 Å². The molecule has 4 aromatic rings. The van der Waals surface area contributed by atoms with Crippen molar-refractivity contribution in [2.75, 3.05) is 6.61 Å². The first-order chi connectivity index (χ1) is 19.0. The molecule has 1 heterocycles. The highest BCUT2D eigenvalue weighted by atomic mass is 19.4. The standard InChI is InChI=1S/C27H21F3N4O6/c1-16(2)40-23(35)15-39-24-18(8-6-12-22(24)34(37)38)14-31-33-25(17-7-5-9-19(13-17)27(28,29)30)32-21-11-4-3-10-20(21)26(33)36/h3-14,16H,15H2,1-2H3. The summed E-state index contributed by atoms with van der Waals surface area (Å²) in [6.07, 6.45) is -4.03. The number of ether oxygens (including phenoxy) is 2. The summed E-state index contributed by atoms with van der Waals surface area (Å²) in [5.74, 6) is -1.28. The number of benzene rings is 3. The van der Waals surface area contributed by atoms with Crippen LogP contribution in [-0.4, -0.2) is 39.5 Å². The number of esters is 1. The van der Waals surface area contributed by atoms with Gasteiger partial charge in [0.05, 0.1) is 33.7 Å². The fourth-order valence-corrected chi connectivity index (χ4v) is 3.75. The zero-order valence-corrected chi connectivity index (χ0v) is 21.1. The van der Waals surface area contributed by atoms with Gasteiger partial charge in [-0.25, -0.2) is 9.78 Å². The Kier molecular flexibility index (Phi) is 7.93. The lowest BCUT2D eigenvalue weighted by Crippen LogP contribution is -2.21. The molecule has 206 valence electrons. The van der Waals surface area contributed by atoms with Crippen LogP contribution in [0, 0.1) is 10.1 Å². The molecule has 0 bridgehead atoms. The van der Waals surface area contributed by atoms with Crippen molar-refractivity contribution in [3.05, 3.63) is 98.3 Å². The van der Waals surface area contributed by atoms with E-state index in [0.29, 0.717) is 0 Å². The van der Waals surface area contributed by atoms with E-state index >= 15 is 0 Å². The number of hydrogen-bond acceptors (Lipinski definition) is 8. The number of rotatable bonds is 8. The van der Waals surface area contributed by atoms with Crippen LogP contribution >= 0.6 is 0 Å². The minimum atomic E-state index is -4.65. The van der Waals surface area contributed by atoms with Gasteiger partial charge < -0.3 is 9.47 Å². The molecule has 3 aromatic carbocycles. The Bertz CT molecular complexity index is 1680. The van der Waals surface area contributed by atoms with Crippen molar-refractivity contribution in [3.8, 4) is 17.1 Å². The lowest BCUT2D eigenvalue weighted by Gasteiger charge is -2.13. The Balaban J connectivity index is 1.86. The maximum absolute atomic E-state index is 13.4. The van der Waals surface area contributed by atoms with Gasteiger partial charge in [0.2, 0.25) is 5.75 Å². The number of para-hydroxylation sites is 2. The quantitative estimate of drug-likeness (QED) is 0.127. The molecule has 4 rings (SSSR count). The maximum atomic E-state index is 13.4. The first kappa shape index (κ1) is 28.0. The number of hydrogen-bond donors (Lipinski definition) is 0.